The molecule has 0 saturated heterocycles. The zero-order chi connectivity index (χ0) is 7.61. The van der Waals surface area contributed by atoms with Gasteiger partial charge in [-0.3, -0.25) is 8.42 Å². The average molecular weight is 194 g/mol. The zero-order valence-electron chi connectivity index (χ0n) is 6.32. The summed E-state index contributed by atoms with van der Waals surface area (Å²) < 4.78 is 21.4. The van der Waals surface area contributed by atoms with Crippen molar-refractivity contribution in [2.45, 2.75) is 4.90 Å². The van der Waals surface area contributed by atoms with E-state index in [1.54, 1.807) is 18.2 Å². The fourth-order valence-electron chi connectivity index (χ4n) is 0.628. The van der Waals surface area contributed by atoms with Gasteiger partial charge in [0.05, 0.1) is 0 Å². The largest absolute Gasteiger partial charge is 1.00 e. The van der Waals surface area contributed by atoms with Crippen LogP contribution in [0.25, 0.3) is 0 Å². The summed E-state index contributed by atoms with van der Waals surface area (Å²) in [4.78, 5) is 0.259. The third-order valence-corrected chi connectivity index (χ3v) is 2.09. The summed E-state index contributed by atoms with van der Waals surface area (Å²) in [6, 6.07) is 8.12. The monoisotopic (exact) mass is 194 g/mol. The molecule has 0 saturated carbocycles. The van der Waals surface area contributed by atoms with Crippen LogP contribution in [0.5, 0.6) is 0 Å². The molecule has 1 aromatic carbocycles. The van der Waals surface area contributed by atoms with E-state index >= 15 is 0 Å². The van der Waals surface area contributed by atoms with Crippen molar-refractivity contribution in [2.24, 2.45) is 0 Å². The van der Waals surface area contributed by atoms with Crippen LogP contribution in [0, 0.1) is 6.26 Å². The minimum absolute atomic E-state index is 0. The van der Waals surface area contributed by atoms with E-state index in [9.17, 15) is 8.42 Å². The predicted octanol–water partition coefficient (Wildman–Crippen LogP) is -1.74. The van der Waals surface area contributed by atoms with Gasteiger partial charge < -0.3 is 0 Å². The molecule has 0 aliphatic heterocycles. The Morgan fingerprint density at radius 3 is 1.82 bits per heavy atom. The molecule has 0 fully saturated rings. The fourth-order valence-corrected chi connectivity index (χ4v) is 1.20. The Hall–Kier alpha value is 0.806. The molecule has 0 amide bonds. The van der Waals surface area contributed by atoms with E-state index in [0.29, 0.717) is 0 Å². The Kier molecular flexibility index (Phi) is 5.09. The van der Waals surface area contributed by atoms with Crippen molar-refractivity contribution in [1.82, 2.24) is 0 Å². The SMILES string of the molecule is [CH2-]S(=O)(=O)c1ccccc1.[K+]. The first-order chi connectivity index (χ1) is 4.61. The quantitative estimate of drug-likeness (QED) is 0.393. The van der Waals surface area contributed by atoms with Crippen LogP contribution in [0.2, 0.25) is 0 Å². The molecular formula is C7H7KO2S. The molecule has 0 bridgehead atoms. The molecule has 0 aliphatic rings. The first-order valence-electron chi connectivity index (χ1n) is 2.74. The maximum Gasteiger partial charge on any atom is 1.00 e. The van der Waals surface area contributed by atoms with E-state index in [2.05, 4.69) is 6.26 Å². The van der Waals surface area contributed by atoms with E-state index in [0.717, 1.165) is 0 Å². The molecule has 4 heteroatoms. The first kappa shape index (κ1) is 11.8. The third kappa shape index (κ3) is 3.82. The van der Waals surface area contributed by atoms with Crippen LogP contribution in [0.4, 0.5) is 0 Å². The van der Waals surface area contributed by atoms with Gasteiger partial charge in [-0.25, -0.2) is 6.26 Å². The third-order valence-electron chi connectivity index (χ3n) is 1.10. The van der Waals surface area contributed by atoms with Crippen LogP contribution in [-0.4, -0.2) is 8.42 Å². The maximum absolute atomic E-state index is 10.7. The molecule has 0 aromatic heterocycles. The van der Waals surface area contributed by atoms with Gasteiger partial charge in [0.1, 0.15) is 0 Å². The van der Waals surface area contributed by atoms with E-state index < -0.39 is 9.84 Å². The van der Waals surface area contributed by atoms with Crippen LogP contribution in [-0.2, 0) is 9.84 Å². The molecule has 0 unspecified atom stereocenters. The standard InChI is InChI=1S/C7H7O2S.K/c1-10(8,9)7-5-3-2-4-6-7;/h2-6H,1H2;/q-1;+1. The number of benzene rings is 1. The van der Waals surface area contributed by atoms with Crippen molar-refractivity contribution in [1.29, 1.82) is 0 Å². The van der Waals surface area contributed by atoms with Crippen LogP contribution < -0.4 is 51.4 Å². The van der Waals surface area contributed by atoms with E-state index in [1.165, 1.54) is 12.1 Å². The van der Waals surface area contributed by atoms with E-state index in [4.69, 9.17) is 0 Å². The molecule has 0 heterocycles. The molecule has 2 nitrogen and oxygen atoms in total. The average Bonchev–Trinajstić information content (AvgIpc) is 1.88. The minimum Gasteiger partial charge on any atom is -0.258 e. The van der Waals surface area contributed by atoms with Gasteiger partial charge in [0.2, 0.25) is 0 Å². The molecule has 1 rings (SSSR count). The molecule has 0 aliphatic carbocycles. The Labute approximate surface area is 109 Å². The van der Waals surface area contributed by atoms with Crippen LogP contribution in [0.15, 0.2) is 35.2 Å². The number of hydrogen-bond acceptors (Lipinski definition) is 2. The Bertz CT molecular complexity index is 304. The Morgan fingerprint density at radius 1 is 1.09 bits per heavy atom. The molecular weight excluding hydrogens is 187 g/mol. The zero-order valence-corrected chi connectivity index (χ0v) is 10.3. The van der Waals surface area contributed by atoms with Gasteiger partial charge in [-0.1, -0.05) is 18.2 Å². The smallest absolute Gasteiger partial charge is 0.258 e. The first-order valence-corrected chi connectivity index (χ1v) is 4.39. The summed E-state index contributed by atoms with van der Waals surface area (Å²) in [5, 5.41) is 0. The molecule has 0 spiro atoms. The van der Waals surface area contributed by atoms with Gasteiger partial charge in [0.15, 0.2) is 0 Å². The molecule has 0 radical (unpaired) electrons. The summed E-state index contributed by atoms with van der Waals surface area (Å²) in [5.41, 5.74) is 0. The Balaban J connectivity index is 0.000001000. The van der Waals surface area contributed by atoms with Crippen molar-refractivity contribution in [2.75, 3.05) is 0 Å². The second kappa shape index (κ2) is 4.74. The number of hydrogen-bond donors (Lipinski definition) is 0. The molecule has 0 atom stereocenters. The summed E-state index contributed by atoms with van der Waals surface area (Å²) in [6.45, 7) is 0. The summed E-state index contributed by atoms with van der Waals surface area (Å²) >= 11 is 0. The summed E-state index contributed by atoms with van der Waals surface area (Å²) in [7, 11) is -3.25. The topological polar surface area (TPSA) is 34.1 Å². The molecule has 11 heavy (non-hydrogen) atoms. The fraction of sp³-hybridized carbons (Fsp3) is 0. The summed E-state index contributed by atoms with van der Waals surface area (Å²) in [5.74, 6) is 0. The van der Waals surface area contributed by atoms with E-state index in [-0.39, 0.29) is 56.3 Å². The van der Waals surface area contributed by atoms with Crippen molar-refractivity contribution >= 4 is 9.84 Å². The van der Waals surface area contributed by atoms with Crippen LogP contribution >= 0.6 is 0 Å². The van der Waals surface area contributed by atoms with Crippen molar-refractivity contribution < 1.29 is 59.8 Å². The van der Waals surface area contributed by atoms with Crippen molar-refractivity contribution in [3.05, 3.63) is 36.6 Å². The predicted molar refractivity (Wildman–Crippen MR) is 39.0 cm³/mol. The minimum atomic E-state index is -3.25. The van der Waals surface area contributed by atoms with Gasteiger partial charge in [-0.15, -0.1) is 0 Å². The molecule has 0 N–H and O–H groups in total. The van der Waals surface area contributed by atoms with E-state index in [1.807, 2.05) is 0 Å². The van der Waals surface area contributed by atoms with Gasteiger partial charge in [0.25, 0.3) is 0 Å². The molecule has 54 valence electrons. The van der Waals surface area contributed by atoms with Crippen LogP contribution in [0.3, 0.4) is 0 Å². The number of sulfone groups is 1. The van der Waals surface area contributed by atoms with Gasteiger partial charge in [-0.2, -0.15) is 0 Å². The maximum atomic E-state index is 10.7. The number of rotatable bonds is 1. The second-order valence-corrected chi connectivity index (χ2v) is 3.63. The summed E-state index contributed by atoms with van der Waals surface area (Å²) in [6.07, 6.45) is 3.01. The normalized spacial score (nSPS) is 10.3. The second-order valence-electron chi connectivity index (χ2n) is 1.93. The molecule has 1 aromatic rings. The van der Waals surface area contributed by atoms with Gasteiger partial charge >= 0.3 is 51.4 Å². The van der Waals surface area contributed by atoms with Crippen molar-refractivity contribution in [3.8, 4) is 0 Å². The Morgan fingerprint density at radius 2 is 1.55 bits per heavy atom. The van der Waals surface area contributed by atoms with Gasteiger partial charge in [-0.05, 0) is 12.1 Å². The van der Waals surface area contributed by atoms with Crippen LogP contribution in [0.1, 0.15) is 0 Å². The van der Waals surface area contributed by atoms with Gasteiger partial charge in [0, 0.05) is 14.7 Å². The van der Waals surface area contributed by atoms with Crippen molar-refractivity contribution in [3.63, 3.8) is 0 Å².